The average molecular weight is 227 g/mol. The minimum Gasteiger partial charge on any atom is -0.464 e. The van der Waals surface area contributed by atoms with E-state index in [2.05, 4.69) is 4.74 Å². The number of halogens is 1. The number of alkyl halides is 1. The van der Waals surface area contributed by atoms with E-state index in [-0.39, 0.29) is 17.8 Å². The first kappa shape index (κ1) is 12.4. The van der Waals surface area contributed by atoms with Crippen LogP contribution in [-0.2, 0) is 11.3 Å². The molecule has 0 N–H and O–H groups in total. The molecule has 0 radical (unpaired) electrons. The van der Waals surface area contributed by atoms with E-state index < -0.39 is 12.6 Å². The number of nitrogens with zero attached hydrogens (tertiary/aromatic N) is 1. The van der Waals surface area contributed by atoms with E-state index in [1.54, 1.807) is 13.8 Å². The predicted molar refractivity (Wildman–Crippen MR) is 56.6 cm³/mol. The van der Waals surface area contributed by atoms with Gasteiger partial charge >= 0.3 is 5.97 Å². The molecule has 1 heterocycles. The third-order valence-corrected chi connectivity index (χ3v) is 2.68. The van der Waals surface area contributed by atoms with Gasteiger partial charge in [0.25, 0.3) is 0 Å². The number of aromatic nitrogens is 1. The molecule has 1 aromatic rings. The number of carbonyl (C=O) groups is 2. The van der Waals surface area contributed by atoms with Gasteiger partial charge in [-0.1, -0.05) is 0 Å². The van der Waals surface area contributed by atoms with Gasteiger partial charge in [-0.15, -0.1) is 0 Å². The van der Waals surface area contributed by atoms with Gasteiger partial charge in [0.2, 0.25) is 0 Å². The number of esters is 1. The Morgan fingerprint density at radius 2 is 2.12 bits per heavy atom. The van der Waals surface area contributed by atoms with Gasteiger partial charge in [-0.2, -0.15) is 0 Å². The molecule has 0 fully saturated rings. The van der Waals surface area contributed by atoms with Crippen LogP contribution in [0.5, 0.6) is 0 Å². The molecule has 4 nitrogen and oxygen atoms in total. The van der Waals surface area contributed by atoms with Crippen molar-refractivity contribution in [1.29, 1.82) is 0 Å². The second-order valence-electron chi connectivity index (χ2n) is 3.42. The maximum atomic E-state index is 12.4. The number of carbonyl (C=O) groups excluding carboxylic acids is 2. The Bertz CT molecular complexity index is 423. The van der Waals surface area contributed by atoms with Crippen LogP contribution in [0.4, 0.5) is 4.39 Å². The number of methoxy groups -OCH3 is 1. The van der Waals surface area contributed by atoms with Gasteiger partial charge < -0.3 is 9.30 Å². The summed E-state index contributed by atoms with van der Waals surface area (Å²) in [6, 6.07) is 0. The monoisotopic (exact) mass is 227 g/mol. The molecule has 16 heavy (non-hydrogen) atoms. The van der Waals surface area contributed by atoms with Crippen molar-refractivity contribution in [2.45, 2.75) is 20.4 Å². The molecule has 0 spiro atoms. The van der Waals surface area contributed by atoms with Crippen molar-refractivity contribution < 1.29 is 18.7 Å². The maximum absolute atomic E-state index is 12.4. The lowest BCUT2D eigenvalue weighted by Crippen LogP contribution is -2.14. The number of hydrogen-bond donors (Lipinski definition) is 0. The molecule has 1 aromatic heterocycles. The number of ether oxygens (including phenoxy) is 1. The Morgan fingerprint density at radius 3 is 2.56 bits per heavy atom. The van der Waals surface area contributed by atoms with Crippen LogP contribution in [0.3, 0.4) is 0 Å². The third kappa shape index (κ3) is 1.85. The first-order valence-corrected chi connectivity index (χ1v) is 4.87. The molecule has 0 unspecified atom stereocenters. The topological polar surface area (TPSA) is 48.3 Å². The summed E-state index contributed by atoms with van der Waals surface area (Å²) < 4.78 is 18.5. The molecular weight excluding hydrogens is 213 g/mol. The summed E-state index contributed by atoms with van der Waals surface area (Å²) in [7, 11) is 1.23. The van der Waals surface area contributed by atoms with Crippen LogP contribution >= 0.6 is 0 Å². The van der Waals surface area contributed by atoms with Crippen molar-refractivity contribution in [1.82, 2.24) is 4.57 Å². The highest BCUT2D eigenvalue weighted by Gasteiger charge is 2.23. The first-order chi connectivity index (χ1) is 7.58. The summed E-state index contributed by atoms with van der Waals surface area (Å²) in [5.41, 5.74) is 1.80. The molecule has 88 valence electrons. The largest absolute Gasteiger partial charge is 0.464 e. The van der Waals surface area contributed by atoms with Gasteiger partial charge in [-0.3, -0.25) is 4.79 Å². The fraction of sp³-hybridized carbons (Fsp3) is 0.455. The van der Waals surface area contributed by atoms with Crippen LogP contribution in [0.15, 0.2) is 0 Å². The van der Waals surface area contributed by atoms with E-state index >= 15 is 0 Å². The fourth-order valence-electron chi connectivity index (χ4n) is 1.71. The van der Waals surface area contributed by atoms with Crippen molar-refractivity contribution in [2.75, 3.05) is 13.8 Å². The van der Waals surface area contributed by atoms with Gasteiger partial charge in [0.1, 0.15) is 12.4 Å². The summed E-state index contributed by atoms with van der Waals surface area (Å²) in [6.07, 6.45) is 0.601. The Balaban J connectivity index is 3.45. The summed E-state index contributed by atoms with van der Waals surface area (Å²) in [5, 5.41) is 0. The van der Waals surface area contributed by atoms with Gasteiger partial charge in [0.15, 0.2) is 6.29 Å². The molecule has 0 atom stereocenters. The van der Waals surface area contributed by atoms with E-state index in [9.17, 15) is 14.0 Å². The van der Waals surface area contributed by atoms with Gasteiger partial charge in [-0.25, -0.2) is 9.18 Å². The van der Waals surface area contributed by atoms with E-state index in [1.807, 2.05) is 0 Å². The Morgan fingerprint density at radius 1 is 1.50 bits per heavy atom. The van der Waals surface area contributed by atoms with Gasteiger partial charge in [0.05, 0.1) is 19.2 Å². The van der Waals surface area contributed by atoms with E-state index in [0.29, 0.717) is 17.5 Å². The summed E-state index contributed by atoms with van der Waals surface area (Å²) in [4.78, 5) is 22.5. The van der Waals surface area contributed by atoms with Gasteiger partial charge in [0, 0.05) is 5.69 Å². The number of hydrogen-bond acceptors (Lipinski definition) is 3. The molecule has 0 amide bonds. The Hall–Kier alpha value is -1.65. The quantitative estimate of drug-likeness (QED) is 0.580. The van der Waals surface area contributed by atoms with Crippen molar-refractivity contribution in [3.05, 3.63) is 22.5 Å². The molecule has 1 rings (SSSR count). The van der Waals surface area contributed by atoms with Crippen LogP contribution in [0.25, 0.3) is 0 Å². The molecule has 0 saturated carbocycles. The molecule has 0 aliphatic carbocycles. The second-order valence-corrected chi connectivity index (χ2v) is 3.42. The van der Waals surface area contributed by atoms with Crippen molar-refractivity contribution >= 4 is 12.3 Å². The van der Waals surface area contributed by atoms with E-state index in [0.717, 1.165) is 0 Å². The number of rotatable bonds is 4. The van der Waals surface area contributed by atoms with Crippen LogP contribution in [0, 0.1) is 13.8 Å². The molecule has 0 aromatic carbocycles. The van der Waals surface area contributed by atoms with Crippen molar-refractivity contribution in [3.8, 4) is 0 Å². The second kappa shape index (κ2) is 4.92. The highest BCUT2D eigenvalue weighted by molar-refractivity contribution is 5.98. The average Bonchev–Trinajstić information content (AvgIpc) is 2.53. The lowest BCUT2D eigenvalue weighted by molar-refractivity contribution is 0.0585. The molecule has 0 aliphatic heterocycles. The Labute approximate surface area is 93.0 Å². The standard InChI is InChI=1S/C11H14FNO3/c1-7-8(2)13(5-4-12)10(9(7)6-14)11(15)16-3/h6H,4-5H2,1-3H3. The molecular formula is C11H14FNO3. The summed E-state index contributed by atoms with van der Waals surface area (Å²) >= 11 is 0. The van der Waals surface area contributed by atoms with Crippen LogP contribution < -0.4 is 0 Å². The molecule has 0 saturated heterocycles. The fourth-order valence-corrected chi connectivity index (χ4v) is 1.71. The molecule has 0 bridgehead atoms. The van der Waals surface area contributed by atoms with E-state index in [4.69, 9.17) is 0 Å². The van der Waals surface area contributed by atoms with Crippen LogP contribution in [0.2, 0.25) is 0 Å². The van der Waals surface area contributed by atoms with Gasteiger partial charge in [-0.05, 0) is 19.4 Å². The summed E-state index contributed by atoms with van der Waals surface area (Å²) in [5.74, 6) is -0.619. The molecule has 5 heteroatoms. The predicted octanol–water partition coefficient (Wildman–Crippen LogP) is 1.67. The first-order valence-electron chi connectivity index (χ1n) is 4.87. The smallest absolute Gasteiger partial charge is 0.355 e. The zero-order chi connectivity index (χ0) is 12.3. The minimum atomic E-state index is -0.619. The third-order valence-electron chi connectivity index (χ3n) is 2.68. The lowest BCUT2D eigenvalue weighted by Gasteiger charge is -2.07. The van der Waals surface area contributed by atoms with Crippen molar-refractivity contribution in [2.24, 2.45) is 0 Å². The zero-order valence-corrected chi connectivity index (χ0v) is 9.54. The minimum absolute atomic E-state index is 0.0466. The normalized spacial score (nSPS) is 10.2. The lowest BCUT2D eigenvalue weighted by atomic mass is 10.1. The van der Waals surface area contributed by atoms with E-state index in [1.165, 1.54) is 11.7 Å². The summed E-state index contributed by atoms with van der Waals surface area (Å²) in [6.45, 7) is 2.91. The number of aldehydes is 1. The maximum Gasteiger partial charge on any atom is 0.355 e. The van der Waals surface area contributed by atoms with Crippen molar-refractivity contribution in [3.63, 3.8) is 0 Å². The van der Waals surface area contributed by atoms with Crippen LogP contribution in [-0.4, -0.2) is 30.6 Å². The Kier molecular flexibility index (Phi) is 3.82. The highest BCUT2D eigenvalue weighted by atomic mass is 19.1. The highest BCUT2D eigenvalue weighted by Crippen LogP contribution is 2.21. The zero-order valence-electron chi connectivity index (χ0n) is 9.54. The SMILES string of the molecule is COC(=O)c1c(C=O)c(C)c(C)n1CCF. The van der Waals surface area contributed by atoms with Crippen LogP contribution in [0.1, 0.15) is 32.1 Å². The molecule has 0 aliphatic rings.